The first kappa shape index (κ1) is 14.1. The van der Waals surface area contributed by atoms with Gasteiger partial charge in [0.2, 0.25) is 0 Å². The fraction of sp³-hybridized carbons (Fsp3) is 0.286. The summed E-state index contributed by atoms with van der Waals surface area (Å²) in [4.78, 5) is 12.0. The molecule has 0 bridgehead atoms. The summed E-state index contributed by atoms with van der Waals surface area (Å²) in [5, 5.41) is 7.00. The smallest absolute Gasteiger partial charge is 0.251 e. The summed E-state index contributed by atoms with van der Waals surface area (Å²) in [5.41, 5.74) is 4.99. The molecule has 0 aliphatic heterocycles. The van der Waals surface area contributed by atoms with Gasteiger partial charge in [-0.1, -0.05) is 0 Å². The average molecular weight is 273 g/mol. The minimum absolute atomic E-state index is 0.0721. The number of aromatic nitrogens is 2. The summed E-state index contributed by atoms with van der Waals surface area (Å²) in [6.45, 7) is 3.32. The van der Waals surface area contributed by atoms with Crippen molar-refractivity contribution in [1.82, 2.24) is 15.1 Å². The third-order valence-corrected chi connectivity index (χ3v) is 3.05. The molecule has 1 amide bonds. The molecule has 0 unspecified atom stereocenters. The van der Waals surface area contributed by atoms with Crippen molar-refractivity contribution in [2.75, 3.05) is 12.0 Å². The number of amides is 1. The van der Waals surface area contributed by atoms with Gasteiger partial charge in [-0.05, 0) is 43.2 Å². The molecule has 0 radical (unpaired) electrons. The number of hydrogen-bond acceptors (Lipinski definition) is 4. The number of anilines is 1. The lowest BCUT2D eigenvalue weighted by atomic mass is 10.1. The van der Waals surface area contributed by atoms with E-state index in [1.807, 2.05) is 29.9 Å². The van der Waals surface area contributed by atoms with E-state index in [0.29, 0.717) is 12.1 Å². The maximum atomic E-state index is 12.0. The van der Waals surface area contributed by atoms with Gasteiger partial charge in [-0.3, -0.25) is 15.3 Å². The van der Waals surface area contributed by atoms with E-state index >= 15 is 0 Å². The first-order valence-corrected chi connectivity index (χ1v) is 6.53. The fourth-order valence-corrected chi connectivity index (χ4v) is 1.94. The van der Waals surface area contributed by atoms with Crippen molar-refractivity contribution < 1.29 is 4.79 Å². The Bertz CT molecular complexity index is 565. The molecule has 0 atom stereocenters. The summed E-state index contributed by atoms with van der Waals surface area (Å²) >= 11 is 0. The monoisotopic (exact) mass is 273 g/mol. The van der Waals surface area contributed by atoms with Gasteiger partial charge in [0.15, 0.2) is 0 Å². The van der Waals surface area contributed by atoms with Gasteiger partial charge in [0.05, 0.1) is 5.69 Å². The third kappa shape index (κ3) is 3.58. The summed E-state index contributed by atoms with van der Waals surface area (Å²) in [6, 6.07) is 7.26. The molecule has 1 aromatic heterocycles. The Balaban J connectivity index is 1.81. The van der Waals surface area contributed by atoms with Crippen molar-refractivity contribution in [3.63, 3.8) is 0 Å². The minimum atomic E-state index is -0.0721. The van der Waals surface area contributed by atoms with Crippen LogP contribution < -0.4 is 16.6 Å². The van der Waals surface area contributed by atoms with E-state index in [1.165, 1.54) is 0 Å². The van der Waals surface area contributed by atoms with Crippen molar-refractivity contribution in [2.24, 2.45) is 5.84 Å². The van der Waals surface area contributed by atoms with Crippen LogP contribution in [0.15, 0.2) is 36.7 Å². The van der Waals surface area contributed by atoms with Crippen LogP contribution in [0.25, 0.3) is 0 Å². The Labute approximate surface area is 117 Å². The van der Waals surface area contributed by atoms with E-state index < -0.39 is 0 Å². The highest BCUT2D eigenvalue weighted by atomic mass is 16.1. The van der Waals surface area contributed by atoms with Crippen molar-refractivity contribution in [3.05, 3.63) is 47.8 Å². The molecular weight excluding hydrogens is 254 g/mol. The summed E-state index contributed by atoms with van der Waals surface area (Å²) in [5.74, 6) is 5.29. The molecule has 2 rings (SSSR count). The second-order valence-corrected chi connectivity index (χ2v) is 4.55. The van der Waals surface area contributed by atoms with Gasteiger partial charge in [-0.15, -0.1) is 0 Å². The molecule has 2 aromatic rings. The van der Waals surface area contributed by atoms with Crippen molar-refractivity contribution in [3.8, 4) is 0 Å². The Morgan fingerprint density at radius 2 is 2.30 bits per heavy atom. The lowest BCUT2D eigenvalue weighted by Gasteiger charge is -2.09. The number of nitrogen functional groups attached to an aromatic ring is 1. The van der Waals surface area contributed by atoms with Gasteiger partial charge >= 0.3 is 0 Å². The molecule has 106 valence electrons. The lowest BCUT2D eigenvalue weighted by molar-refractivity contribution is 0.0952. The minimum Gasteiger partial charge on any atom is -0.352 e. The molecule has 6 nitrogen and oxygen atoms in total. The summed E-state index contributed by atoms with van der Waals surface area (Å²) in [7, 11) is 0. The number of benzene rings is 1. The second-order valence-electron chi connectivity index (χ2n) is 4.55. The number of carbonyl (C=O) groups excluding carboxylic acids is 1. The number of aryl methyl sites for hydroxylation is 2. The quantitative estimate of drug-likeness (QED) is 0.421. The fourth-order valence-electron chi connectivity index (χ4n) is 1.94. The molecule has 0 aliphatic rings. The van der Waals surface area contributed by atoms with Crippen LogP contribution in [-0.4, -0.2) is 22.2 Å². The first-order chi connectivity index (χ1) is 9.70. The molecule has 1 heterocycles. The summed E-state index contributed by atoms with van der Waals surface area (Å²) < 4.78 is 1.85. The van der Waals surface area contributed by atoms with Crippen LogP contribution in [0.2, 0.25) is 0 Å². The second kappa shape index (κ2) is 6.72. The van der Waals surface area contributed by atoms with Crippen molar-refractivity contribution >= 4 is 11.6 Å². The number of nitrogens with zero attached hydrogens (tertiary/aromatic N) is 2. The van der Waals surface area contributed by atoms with E-state index in [9.17, 15) is 4.79 Å². The highest BCUT2D eigenvalue weighted by Crippen LogP contribution is 2.15. The molecule has 4 N–H and O–H groups in total. The maximum Gasteiger partial charge on any atom is 0.251 e. The van der Waals surface area contributed by atoms with E-state index in [1.54, 1.807) is 18.3 Å². The zero-order chi connectivity index (χ0) is 14.4. The topological polar surface area (TPSA) is 85.0 Å². The van der Waals surface area contributed by atoms with Crippen LogP contribution in [0.3, 0.4) is 0 Å². The van der Waals surface area contributed by atoms with Crippen molar-refractivity contribution in [1.29, 1.82) is 0 Å². The predicted molar refractivity (Wildman–Crippen MR) is 78.2 cm³/mol. The van der Waals surface area contributed by atoms with Gasteiger partial charge < -0.3 is 10.7 Å². The Morgan fingerprint density at radius 1 is 1.45 bits per heavy atom. The van der Waals surface area contributed by atoms with Gasteiger partial charge in [0.25, 0.3) is 5.91 Å². The molecular formula is C14H19N5O. The number of hydrogen-bond donors (Lipinski definition) is 3. The Kier molecular flexibility index (Phi) is 4.73. The molecule has 6 heteroatoms. The van der Waals surface area contributed by atoms with Crippen molar-refractivity contribution in [2.45, 2.75) is 19.9 Å². The number of hydrazine groups is 1. The normalized spacial score (nSPS) is 10.3. The molecule has 0 saturated heterocycles. The van der Waals surface area contributed by atoms with E-state index in [0.717, 1.165) is 24.2 Å². The van der Waals surface area contributed by atoms with Crippen LogP contribution in [-0.2, 0) is 6.54 Å². The number of rotatable bonds is 6. The Morgan fingerprint density at radius 3 is 2.95 bits per heavy atom. The van der Waals surface area contributed by atoms with Gasteiger partial charge in [-0.2, -0.15) is 5.10 Å². The Hall–Kier alpha value is -2.34. The molecule has 20 heavy (non-hydrogen) atoms. The highest BCUT2D eigenvalue weighted by Gasteiger charge is 2.06. The van der Waals surface area contributed by atoms with Crippen LogP contribution >= 0.6 is 0 Å². The highest BCUT2D eigenvalue weighted by molar-refractivity contribution is 5.94. The first-order valence-electron chi connectivity index (χ1n) is 6.53. The summed E-state index contributed by atoms with van der Waals surface area (Å²) in [6.07, 6.45) is 4.49. The molecule has 0 spiro atoms. The van der Waals surface area contributed by atoms with E-state index in [4.69, 9.17) is 5.84 Å². The van der Waals surface area contributed by atoms with E-state index in [-0.39, 0.29) is 5.91 Å². The molecule has 0 saturated carbocycles. The van der Waals surface area contributed by atoms with Gasteiger partial charge in [0.1, 0.15) is 0 Å². The molecule has 1 aromatic carbocycles. The lowest BCUT2D eigenvalue weighted by Crippen LogP contribution is -2.25. The van der Waals surface area contributed by atoms with Crippen LogP contribution in [0.1, 0.15) is 22.3 Å². The largest absolute Gasteiger partial charge is 0.352 e. The number of carbonyl (C=O) groups is 1. The van der Waals surface area contributed by atoms with Gasteiger partial charge in [0, 0.05) is 31.0 Å². The predicted octanol–water partition coefficient (Wildman–Crippen LogP) is 1.30. The third-order valence-electron chi connectivity index (χ3n) is 3.05. The number of nitrogens with two attached hydrogens (primary N) is 1. The van der Waals surface area contributed by atoms with Crippen LogP contribution in [0.5, 0.6) is 0 Å². The zero-order valence-corrected chi connectivity index (χ0v) is 11.5. The molecule has 0 fully saturated rings. The van der Waals surface area contributed by atoms with Crippen LogP contribution in [0.4, 0.5) is 5.69 Å². The van der Waals surface area contributed by atoms with Gasteiger partial charge in [-0.25, -0.2) is 0 Å². The average Bonchev–Trinajstić information content (AvgIpc) is 2.96. The van der Waals surface area contributed by atoms with E-state index in [2.05, 4.69) is 15.8 Å². The standard InChI is InChI=1S/C14H19N5O/c1-11-10-12(4-5-13(11)18-15)14(20)16-6-2-8-19-9-3-7-17-19/h3-5,7,9-10,18H,2,6,8,15H2,1H3,(H,16,20). The SMILES string of the molecule is Cc1cc(C(=O)NCCCn2cccn2)ccc1NN. The van der Waals surface area contributed by atoms with Crippen LogP contribution in [0, 0.1) is 6.92 Å². The zero-order valence-electron chi connectivity index (χ0n) is 11.5. The number of nitrogens with one attached hydrogen (secondary N) is 2. The molecule has 0 aliphatic carbocycles. The maximum absolute atomic E-state index is 12.0.